The van der Waals surface area contributed by atoms with E-state index < -0.39 is 33.0 Å². The summed E-state index contributed by atoms with van der Waals surface area (Å²) in [5.41, 5.74) is 0.524. The lowest BCUT2D eigenvalue weighted by Crippen LogP contribution is -2.40. The predicted molar refractivity (Wildman–Crippen MR) is 158 cm³/mol. The summed E-state index contributed by atoms with van der Waals surface area (Å²) < 4.78 is 34.2. The first-order valence-electron chi connectivity index (χ1n) is 12.4. The van der Waals surface area contributed by atoms with Crippen molar-refractivity contribution in [1.29, 1.82) is 0 Å². The highest BCUT2D eigenvalue weighted by Gasteiger charge is 2.38. The summed E-state index contributed by atoms with van der Waals surface area (Å²) in [7, 11) is -4.70. The fraction of sp³-hybridized carbons (Fsp3) is 0.269. The number of aromatic nitrogens is 2. The van der Waals surface area contributed by atoms with Crippen molar-refractivity contribution in [3.8, 4) is 0 Å². The van der Waals surface area contributed by atoms with E-state index in [-0.39, 0.29) is 45.8 Å². The molecule has 5 rings (SSSR count). The molecule has 1 saturated carbocycles. The second-order valence-corrected chi connectivity index (χ2v) is 12.7. The van der Waals surface area contributed by atoms with Crippen LogP contribution in [0, 0.1) is 5.92 Å². The molecule has 2 aromatic heterocycles. The molecule has 1 aromatic carbocycles. The smallest absolute Gasteiger partial charge is 0.312 e. The lowest BCUT2D eigenvalue weighted by atomic mass is 10.0. The number of anilines is 2. The Labute approximate surface area is 254 Å². The molecule has 41 heavy (non-hydrogen) atoms. The van der Waals surface area contributed by atoms with Gasteiger partial charge in [0.2, 0.25) is 5.91 Å². The Bertz CT molecular complexity index is 1680. The number of hydrogen-bond donors (Lipinski definition) is 3. The zero-order valence-corrected chi connectivity index (χ0v) is 25.3. The summed E-state index contributed by atoms with van der Waals surface area (Å²) in [4.78, 5) is 35.1. The van der Waals surface area contributed by atoms with Crippen molar-refractivity contribution in [2.24, 2.45) is 11.0 Å². The van der Waals surface area contributed by atoms with Gasteiger partial charge in [0.15, 0.2) is 10.8 Å². The van der Waals surface area contributed by atoms with Crippen LogP contribution in [0.25, 0.3) is 0 Å². The maximum atomic E-state index is 13.9. The van der Waals surface area contributed by atoms with Crippen molar-refractivity contribution >= 4 is 78.3 Å². The van der Waals surface area contributed by atoms with E-state index >= 15 is 0 Å². The number of amides is 2. The maximum Gasteiger partial charge on any atom is 0.312 e. The molecule has 2 aliphatic rings. The largest absolute Gasteiger partial charge is 0.349 e. The number of carbonyl (C=O) groups excluding carboxylic acids is 2. The molecule has 0 spiro atoms. The average molecular weight is 682 g/mol. The van der Waals surface area contributed by atoms with Gasteiger partial charge in [0.05, 0.1) is 22.0 Å². The van der Waals surface area contributed by atoms with Crippen LogP contribution in [0.5, 0.6) is 0 Å². The Morgan fingerprint density at radius 2 is 1.85 bits per heavy atom. The van der Waals surface area contributed by atoms with Crippen LogP contribution in [0.4, 0.5) is 11.5 Å². The topological polar surface area (TPSA) is 154 Å². The SMILES string of the molecule is CC(NC(=O)c1cc(Cl)cc(Br)c1NC(=O)C1CC(c2cccnc2S(=O)(=O)O)=NN1c1ncccc1Cl)C1CC1. The number of pyridine rings is 2. The summed E-state index contributed by atoms with van der Waals surface area (Å²) in [5, 5.41) is 11.4. The van der Waals surface area contributed by atoms with Gasteiger partial charge in [0.1, 0.15) is 6.04 Å². The summed E-state index contributed by atoms with van der Waals surface area (Å²) in [6.07, 6.45) is 4.66. The van der Waals surface area contributed by atoms with E-state index in [1.165, 1.54) is 35.6 Å². The Balaban J connectivity index is 1.51. The van der Waals surface area contributed by atoms with Gasteiger partial charge < -0.3 is 10.6 Å². The second-order valence-electron chi connectivity index (χ2n) is 9.65. The molecule has 0 saturated heterocycles. The van der Waals surface area contributed by atoms with Crippen LogP contribution in [0.3, 0.4) is 0 Å². The highest BCUT2D eigenvalue weighted by atomic mass is 79.9. The maximum absolute atomic E-state index is 13.9. The van der Waals surface area contributed by atoms with Crippen LogP contribution >= 0.6 is 39.1 Å². The van der Waals surface area contributed by atoms with Crippen molar-refractivity contribution in [2.45, 2.75) is 43.3 Å². The van der Waals surface area contributed by atoms with Gasteiger partial charge in [-0.1, -0.05) is 23.2 Å². The summed E-state index contributed by atoms with van der Waals surface area (Å²) in [6, 6.07) is 7.98. The molecule has 11 nitrogen and oxygen atoms in total. The number of nitrogens with one attached hydrogen (secondary N) is 2. The third-order valence-electron chi connectivity index (χ3n) is 6.73. The van der Waals surface area contributed by atoms with Crippen LogP contribution in [0.15, 0.2) is 63.4 Å². The molecule has 1 aliphatic carbocycles. The van der Waals surface area contributed by atoms with Gasteiger partial charge >= 0.3 is 10.1 Å². The van der Waals surface area contributed by atoms with Crippen LogP contribution < -0.4 is 15.6 Å². The first-order valence-corrected chi connectivity index (χ1v) is 15.4. The van der Waals surface area contributed by atoms with Crippen LogP contribution in [-0.4, -0.2) is 52.5 Å². The fourth-order valence-corrected chi connectivity index (χ4v) is 6.29. The van der Waals surface area contributed by atoms with Gasteiger partial charge in [-0.3, -0.25) is 14.1 Å². The fourth-order valence-electron chi connectivity index (χ4n) is 4.52. The average Bonchev–Trinajstić information content (AvgIpc) is 3.68. The molecular weight excluding hydrogens is 659 g/mol. The molecule has 214 valence electrons. The van der Waals surface area contributed by atoms with Crippen molar-refractivity contribution in [1.82, 2.24) is 15.3 Å². The first-order chi connectivity index (χ1) is 19.4. The standard InChI is InChI=1S/C26H23BrCl2N6O5S/c1-13(14-6-7-14)32-24(36)17-10-15(28)11-18(27)22(17)33-25(37)21-12-20(16-4-2-9-31-26(16)41(38,39)40)34-35(21)23-19(29)5-3-8-30-23/h2-5,8-11,13-14,21H,6-7,12H2,1H3,(H,32,36)(H,33,37)(H,38,39,40). The number of halogens is 3. The molecule has 2 unspecified atom stereocenters. The van der Waals surface area contributed by atoms with E-state index in [1.807, 2.05) is 6.92 Å². The molecule has 0 bridgehead atoms. The number of carbonyl (C=O) groups is 2. The Hall–Kier alpha value is -3.10. The molecular formula is C26H23BrCl2N6O5S. The van der Waals surface area contributed by atoms with Crippen LogP contribution in [-0.2, 0) is 14.9 Å². The zero-order chi connectivity index (χ0) is 29.5. The van der Waals surface area contributed by atoms with Crippen LogP contribution in [0.1, 0.15) is 42.1 Å². The number of hydrogen-bond acceptors (Lipinski definition) is 8. The molecule has 3 aromatic rings. The van der Waals surface area contributed by atoms with Gasteiger partial charge in [-0.05, 0) is 78.0 Å². The molecule has 15 heteroatoms. The number of nitrogens with zero attached hydrogens (tertiary/aromatic N) is 4. The van der Waals surface area contributed by atoms with E-state index in [1.54, 1.807) is 18.2 Å². The van der Waals surface area contributed by atoms with E-state index in [4.69, 9.17) is 23.2 Å². The summed E-state index contributed by atoms with van der Waals surface area (Å²) in [5.74, 6) is -0.433. The van der Waals surface area contributed by atoms with Crippen molar-refractivity contribution in [2.75, 3.05) is 10.3 Å². The van der Waals surface area contributed by atoms with E-state index in [9.17, 15) is 22.6 Å². The zero-order valence-electron chi connectivity index (χ0n) is 21.4. The molecule has 2 amide bonds. The number of benzene rings is 1. The van der Waals surface area contributed by atoms with Crippen molar-refractivity contribution in [3.63, 3.8) is 0 Å². The van der Waals surface area contributed by atoms with E-state index in [0.29, 0.717) is 15.4 Å². The lowest BCUT2D eigenvalue weighted by molar-refractivity contribution is -0.117. The second kappa shape index (κ2) is 11.6. The molecule has 3 N–H and O–H groups in total. The van der Waals surface area contributed by atoms with Gasteiger partial charge in [0, 0.05) is 39.9 Å². The highest BCUT2D eigenvalue weighted by molar-refractivity contribution is 9.10. The van der Waals surface area contributed by atoms with Crippen LogP contribution in [0.2, 0.25) is 10.0 Å². The molecule has 1 aliphatic heterocycles. The molecule has 2 atom stereocenters. The normalized spacial score (nSPS) is 17.6. The molecule has 0 radical (unpaired) electrons. The predicted octanol–water partition coefficient (Wildman–Crippen LogP) is 4.94. The first kappa shape index (κ1) is 29.4. The number of hydrazone groups is 1. The molecule has 3 heterocycles. The highest BCUT2D eigenvalue weighted by Crippen LogP contribution is 2.36. The van der Waals surface area contributed by atoms with Gasteiger partial charge in [0.25, 0.3) is 5.91 Å². The summed E-state index contributed by atoms with van der Waals surface area (Å²) in [6.45, 7) is 1.93. The third kappa shape index (κ3) is 6.38. The molecule has 1 fully saturated rings. The van der Waals surface area contributed by atoms with E-state index in [2.05, 4.69) is 41.6 Å². The quantitative estimate of drug-likeness (QED) is 0.283. The Kier molecular flexibility index (Phi) is 8.35. The van der Waals surface area contributed by atoms with Gasteiger partial charge in [-0.15, -0.1) is 0 Å². The Morgan fingerprint density at radius 1 is 1.15 bits per heavy atom. The lowest BCUT2D eigenvalue weighted by Gasteiger charge is -2.23. The minimum atomic E-state index is -4.70. The monoisotopic (exact) mass is 680 g/mol. The Morgan fingerprint density at radius 3 is 2.54 bits per heavy atom. The van der Waals surface area contributed by atoms with Crippen molar-refractivity contribution in [3.05, 3.63) is 74.4 Å². The number of rotatable bonds is 8. The minimum Gasteiger partial charge on any atom is -0.349 e. The van der Waals surface area contributed by atoms with Gasteiger partial charge in [-0.25, -0.2) is 15.0 Å². The van der Waals surface area contributed by atoms with Gasteiger partial charge in [-0.2, -0.15) is 13.5 Å². The van der Waals surface area contributed by atoms with E-state index in [0.717, 1.165) is 12.8 Å². The van der Waals surface area contributed by atoms with Crippen molar-refractivity contribution < 1.29 is 22.6 Å². The third-order valence-corrected chi connectivity index (χ3v) is 8.68. The summed E-state index contributed by atoms with van der Waals surface area (Å²) >= 11 is 16.0. The minimum absolute atomic E-state index is 0.0177.